The summed E-state index contributed by atoms with van der Waals surface area (Å²) in [5.41, 5.74) is 3.06. The summed E-state index contributed by atoms with van der Waals surface area (Å²) >= 11 is 1.40. The maximum atomic E-state index is 10.8. The summed E-state index contributed by atoms with van der Waals surface area (Å²) in [5.74, 6) is -0.0370. The number of hydrogen-bond donors (Lipinski definition) is 1. The quantitative estimate of drug-likeness (QED) is 0.749. The number of imidazole rings is 1. The maximum absolute atomic E-state index is 10.8. The molecule has 1 aromatic carbocycles. The van der Waals surface area contributed by atoms with Crippen LogP contribution >= 0.6 is 11.3 Å². The Morgan fingerprint density at radius 3 is 2.87 bits per heavy atom. The second-order valence-corrected chi connectivity index (χ2v) is 6.46. The zero-order valence-corrected chi connectivity index (χ0v) is 13.9. The van der Waals surface area contributed by atoms with E-state index in [2.05, 4.69) is 24.0 Å². The number of ether oxygens (including phenoxy) is 1. The van der Waals surface area contributed by atoms with Gasteiger partial charge in [-0.1, -0.05) is 19.4 Å². The van der Waals surface area contributed by atoms with Gasteiger partial charge in [0.25, 0.3) is 0 Å². The molecule has 120 valence electrons. The molecule has 0 aliphatic rings. The summed E-state index contributed by atoms with van der Waals surface area (Å²) < 4.78 is 7.34. The second kappa shape index (κ2) is 6.42. The number of fused-ring (bicyclic) bond motifs is 1. The molecule has 0 unspecified atom stereocenters. The van der Waals surface area contributed by atoms with E-state index in [1.54, 1.807) is 7.11 Å². The number of methoxy groups -OCH3 is 1. The predicted octanol–water partition coefficient (Wildman–Crippen LogP) is 3.65. The van der Waals surface area contributed by atoms with Crippen molar-refractivity contribution < 1.29 is 14.6 Å². The van der Waals surface area contributed by atoms with Crippen LogP contribution in [0.5, 0.6) is 5.75 Å². The van der Waals surface area contributed by atoms with Gasteiger partial charge in [-0.15, -0.1) is 11.3 Å². The molecule has 23 heavy (non-hydrogen) atoms. The molecule has 0 aliphatic heterocycles. The van der Waals surface area contributed by atoms with Crippen molar-refractivity contribution in [3.63, 3.8) is 0 Å². The SMILES string of the molecule is CCCc1ccc(OC)c(-c2cn3cc(CC(=O)O)sc3n2)c1. The Balaban J connectivity index is 2.00. The van der Waals surface area contributed by atoms with E-state index in [0.717, 1.165) is 39.7 Å². The Morgan fingerprint density at radius 2 is 2.22 bits per heavy atom. The van der Waals surface area contributed by atoms with Crippen LogP contribution in [-0.2, 0) is 17.6 Å². The second-order valence-electron chi connectivity index (χ2n) is 5.37. The van der Waals surface area contributed by atoms with Gasteiger partial charge in [0.15, 0.2) is 4.96 Å². The first-order valence-electron chi connectivity index (χ1n) is 7.47. The van der Waals surface area contributed by atoms with Crippen molar-refractivity contribution in [2.75, 3.05) is 7.11 Å². The minimum atomic E-state index is -0.830. The highest BCUT2D eigenvalue weighted by Gasteiger charge is 2.14. The molecule has 6 heteroatoms. The lowest BCUT2D eigenvalue weighted by molar-refractivity contribution is -0.136. The van der Waals surface area contributed by atoms with Gasteiger partial charge in [-0.25, -0.2) is 4.98 Å². The van der Waals surface area contributed by atoms with Crippen molar-refractivity contribution in [2.45, 2.75) is 26.2 Å². The molecule has 5 nitrogen and oxygen atoms in total. The van der Waals surface area contributed by atoms with Gasteiger partial charge in [-0.3, -0.25) is 9.20 Å². The number of hydrogen-bond acceptors (Lipinski definition) is 4. The number of nitrogens with zero attached hydrogens (tertiary/aromatic N) is 2. The zero-order chi connectivity index (χ0) is 16.4. The fraction of sp³-hybridized carbons (Fsp3) is 0.294. The lowest BCUT2D eigenvalue weighted by atomic mass is 10.0. The molecular weight excluding hydrogens is 312 g/mol. The third kappa shape index (κ3) is 3.22. The van der Waals surface area contributed by atoms with Gasteiger partial charge in [0, 0.05) is 22.8 Å². The van der Waals surface area contributed by atoms with Crippen LogP contribution in [0, 0.1) is 0 Å². The Labute approximate surface area is 138 Å². The highest BCUT2D eigenvalue weighted by atomic mass is 32.1. The number of aliphatic carboxylic acids is 1. The van der Waals surface area contributed by atoms with E-state index in [-0.39, 0.29) is 6.42 Å². The molecule has 0 fully saturated rings. The third-order valence-electron chi connectivity index (χ3n) is 3.61. The monoisotopic (exact) mass is 330 g/mol. The molecule has 3 rings (SSSR count). The minimum Gasteiger partial charge on any atom is -0.496 e. The summed E-state index contributed by atoms with van der Waals surface area (Å²) in [4.78, 5) is 17.0. The minimum absolute atomic E-state index is 0.0265. The number of rotatable bonds is 6. The lowest BCUT2D eigenvalue weighted by Crippen LogP contribution is -1.97. The van der Waals surface area contributed by atoms with Gasteiger partial charge in [0.05, 0.1) is 19.2 Å². The van der Waals surface area contributed by atoms with Gasteiger partial charge >= 0.3 is 5.97 Å². The van der Waals surface area contributed by atoms with Crippen LogP contribution in [-0.4, -0.2) is 27.6 Å². The zero-order valence-electron chi connectivity index (χ0n) is 13.1. The standard InChI is InChI=1S/C17H18N2O3S/c1-3-4-11-5-6-15(22-2)13(7-11)14-10-19-9-12(8-16(20)21)23-17(19)18-14/h5-7,9-10H,3-4,8H2,1-2H3,(H,20,21). The maximum Gasteiger partial charge on any atom is 0.308 e. The number of thiazole rings is 1. The van der Waals surface area contributed by atoms with Crippen molar-refractivity contribution in [1.29, 1.82) is 0 Å². The Morgan fingerprint density at radius 1 is 1.39 bits per heavy atom. The third-order valence-corrected chi connectivity index (χ3v) is 4.60. The highest BCUT2D eigenvalue weighted by Crippen LogP contribution is 2.32. The first kappa shape index (κ1) is 15.6. The van der Waals surface area contributed by atoms with Crippen LogP contribution in [0.1, 0.15) is 23.8 Å². The normalized spacial score (nSPS) is 11.0. The fourth-order valence-corrected chi connectivity index (χ4v) is 3.55. The van der Waals surface area contributed by atoms with Crippen molar-refractivity contribution in [1.82, 2.24) is 9.38 Å². The van der Waals surface area contributed by atoms with Crippen molar-refractivity contribution in [3.05, 3.63) is 41.0 Å². The number of carbonyl (C=O) groups is 1. The molecule has 0 amide bonds. The summed E-state index contributed by atoms with van der Waals surface area (Å²) in [7, 11) is 1.65. The number of aromatic nitrogens is 2. The van der Waals surface area contributed by atoms with Crippen molar-refractivity contribution >= 4 is 22.3 Å². The van der Waals surface area contributed by atoms with Crippen LogP contribution in [0.2, 0.25) is 0 Å². The van der Waals surface area contributed by atoms with Crippen molar-refractivity contribution in [2.24, 2.45) is 0 Å². The summed E-state index contributed by atoms with van der Waals surface area (Å²) in [6.07, 6.45) is 5.88. The van der Waals surface area contributed by atoms with Crippen LogP contribution in [0.4, 0.5) is 0 Å². The molecule has 0 saturated heterocycles. The molecule has 1 N–H and O–H groups in total. The number of carboxylic acid groups (broad SMARTS) is 1. The first-order valence-corrected chi connectivity index (χ1v) is 8.29. The molecule has 2 heterocycles. The molecule has 0 bridgehead atoms. The Hall–Kier alpha value is -2.34. The predicted molar refractivity (Wildman–Crippen MR) is 90.4 cm³/mol. The van der Waals surface area contributed by atoms with Gasteiger partial charge < -0.3 is 9.84 Å². The first-order chi connectivity index (χ1) is 11.1. The van der Waals surface area contributed by atoms with Crippen LogP contribution in [0.15, 0.2) is 30.6 Å². The number of carboxylic acids is 1. The molecule has 0 atom stereocenters. The van der Waals surface area contributed by atoms with E-state index in [4.69, 9.17) is 9.84 Å². The van der Waals surface area contributed by atoms with Crippen LogP contribution < -0.4 is 4.74 Å². The van der Waals surface area contributed by atoms with Crippen LogP contribution in [0.25, 0.3) is 16.2 Å². The van der Waals surface area contributed by atoms with E-state index < -0.39 is 5.97 Å². The summed E-state index contributed by atoms with van der Waals surface area (Å²) in [6.45, 7) is 2.15. The molecule has 0 saturated carbocycles. The Kier molecular flexibility index (Phi) is 4.34. The van der Waals surface area contributed by atoms with E-state index in [0.29, 0.717) is 0 Å². The smallest absolute Gasteiger partial charge is 0.308 e. The largest absolute Gasteiger partial charge is 0.496 e. The van der Waals surface area contributed by atoms with E-state index in [1.165, 1.54) is 16.9 Å². The topological polar surface area (TPSA) is 63.8 Å². The molecule has 2 aromatic heterocycles. The lowest BCUT2D eigenvalue weighted by Gasteiger charge is -2.08. The van der Waals surface area contributed by atoms with E-state index in [1.807, 2.05) is 22.9 Å². The molecule has 0 spiro atoms. The average molecular weight is 330 g/mol. The van der Waals surface area contributed by atoms with Gasteiger partial charge in [-0.2, -0.15) is 0 Å². The number of aryl methyl sites for hydroxylation is 1. The highest BCUT2D eigenvalue weighted by molar-refractivity contribution is 7.17. The van der Waals surface area contributed by atoms with Crippen molar-refractivity contribution in [3.8, 4) is 17.0 Å². The fourth-order valence-electron chi connectivity index (χ4n) is 2.60. The summed E-state index contributed by atoms with van der Waals surface area (Å²) in [6, 6.07) is 6.17. The van der Waals surface area contributed by atoms with Gasteiger partial charge in [0.1, 0.15) is 5.75 Å². The molecule has 0 radical (unpaired) electrons. The van der Waals surface area contributed by atoms with Crippen LogP contribution in [0.3, 0.4) is 0 Å². The van der Waals surface area contributed by atoms with E-state index >= 15 is 0 Å². The summed E-state index contributed by atoms with van der Waals surface area (Å²) in [5, 5.41) is 8.87. The van der Waals surface area contributed by atoms with Gasteiger partial charge in [0.2, 0.25) is 0 Å². The molecule has 3 aromatic rings. The van der Waals surface area contributed by atoms with Gasteiger partial charge in [-0.05, 0) is 24.1 Å². The number of benzene rings is 1. The Bertz CT molecular complexity index is 819. The van der Waals surface area contributed by atoms with E-state index in [9.17, 15) is 4.79 Å². The molecule has 0 aliphatic carbocycles. The molecular formula is C17H18N2O3S. The average Bonchev–Trinajstić information content (AvgIpc) is 3.05.